The number of hydrogen-bond acceptors (Lipinski definition) is 10. The summed E-state index contributed by atoms with van der Waals surface area (Å²) in [7, 11) is 0. The largest absolute Gasteiger partial charge is 0.461 e. The maximum absolute atomic E-state index is 17.1. The van der Waals surface area contributed by atoms with E-state index < -0.39 is 51.7 Å². The Hall–Kier alpha value is -4.22. The molecule has 4 saturated heterocycles. The normalized spacial score (nSPS) is 25.4. The van der Waals surface area contributed by atoms with Gasteiger partial charge in [-0.2, -0.15) is 23.1 Å². The third-order valence-electron chi connectivity index (χ3n) is 10.7. The molecule has 1 spiro atoms. The second-order valence-corrected chi connectivity index (χ2v) is 14.7. The predicted octanol–water partition coefficient (Wildman–Crippen LogP) is 5.73. The van der Waals surface area contributed by atoms with Gasteiger partial charge in [-0.3, -0.25) is 9.69 Å². The summed E-state index contributed by atoms with van der Waals surface area (Å²) >= 11 is 0.733. The van der Waals surface area contributed by atoms with E-state index in [9.17, 15) is 26.7 Å². The van der Waals surface area contributed by atoms with Gasteiger partial charge in [0.1, 0.15) is 29.9 Å². The van der Waals surface area contributed by atoms with Gasteiger partial charge < -0.3 is 25.0 Å². The van der Waals surface area contributed by atoms with Crippen LogP contribution in [-0.4, -0.2) is 100 Å². The number of fused-ring (bicyclic) bond motifs is 3. The van der Waals surface area contributed by atoms with E-state index in [2.05, 4.69) is 21.5 Å². The smallest absolute Gasteiger partial charge is 0.417 e. The molecule has 3 atom stereocenters. The number of carbonyl (C=O) groups excluding carboxylic acids is 1. The number of nitrogens with zero attached hydrogens (tertiary/aromatic N) is 6. The lowest BCUT2D eigenvalue weighted by Crippen LogP contribution is -2.64. The zero-order chi connectivity index (χ0) is 35.9. The number of rotatable bonds is 6. The van der Waals surface area contributed by atoms with E-state index in [4.69, 9.17) is 15.2 Å². The number of piperazine rings is 1. The number of amides is 1. The lowest BCUT2D eigenvalue weighted by molar-refractivity contribution is -0.137. The molecule has 8 rings (SSSR count). The van der Waals surface area contributed by atoms with Crippen LogP contribution in [0, 0.1) is 11.6 Å². The summed E-state index contributed by atoms with van der Waals surface area (Å²) in [5.41, 5.74) is 1.14. The summed E-state index contributed by atoms with van der Waals surface area (Å²) in [6.45, 7) is 5.48. The van der Waals surface area contributed by atoms with Crippen molar-refractivity contribution in [1.82, 2.24) is 24.8 Å². The molecule has 10 nitrogen and oxygen atoms in total. The fraction of sp³-hybridized carbons (Fsp3) is 0.471. The highest BCUT2D eigenvalue weighted by atomic mass is 32.1. The Bertz CT molecular complexity index is 2070. The van der Waals surface area contributed by atoms with E-state index in [0.29, 0.717) is 26.0 Å². The van der Waals surface area contributed by atoms with Crippen molar-refractivity contribution in [3.63, 3.8) is 0 Å². The number of anilines is 2. The summed E-state index contributed by atoms with van der Waals surface area (Å²) < 4.78 is 103. The first kappa shape index (κ1) is 33.9. The quantitative estimate of drug-likeness (QED) is 0.196. The zero-order valence-corrected chi connectivity index (χ0v) is 28.1. The molecule has 2 N–H and O–H groups in total. The van der Waals surface area contributed by atoms with E-state index in [0.717, 1.165) is 36.0 Å². The summed E-state index contributed by atoms with van der Waals surface area (Å²) in [4.78, 5) is 31.3. The second-order valence-electron chi connectivity index (χ2n) is 13.7. The van der Waals surface area contributed by atoms with Gasteiger partial charge in [-0.15, -0.1) is 0 Å². The van der Waals surface area contributed by atoms with Crippen LogP contribution in [0.5, 0.6) is 6.01 Å². The second kappa shape index (κ2) is 12.2. The number of nitrogen functional groups attached to an aromatic ring is 1. The standard InChI is InChI=1S/C34H33F6N7O3S/c1-2-23(48)47-10-9-45(15-33(47)7-11-49-16-33)29-20-12-21(34(38,39)40)24(19-4-5-22(36)28-27(19)42-30(41)51-28)25(37)26(20)43-31(44-29)50-17-32-6-3-8-46(32)14-18(35)13-32/h2,4-5,12,18H,1,3,6-11,13-17H2,(H2,41,42)/t18-,32+,33+/m1/s1. The van der Waals surface area contributed by atoms with Gasteiger partial charge in [0, 0.05) is 55.7 Å². The number of hydrogen-bond donors (Lipinski definition) is 1. The Kier molecular flexibility index (Phi) is 8.10. The topological polar surface area (TPSA) is 110 Å². The highest BCUT2D eigenvalue weighted by Crippen LogP contribution is 2.47. The van der Waals surface area contributed by atoms with Gasteiger partial charge in [-0.25, -0.2) is 18.2 Å². The molecular formula is C34H33F6N7O3S. The van der Waals surface area contributed by atoms with E-state index in [-0.39, 0.29) is 89.8 Å². The van der Waals surface area contributed by atoms with E-state index in [1.165, 1.54) is 6.08 Å². The number of aromatic nitrogens is 3. The molecular weight excluding hydrogens is 700 g/mol. The Morgan fingerprint density at radius 2 is 1.98 bits per heavy atom. The van der Waals surface area contributed by atoms with Crippen molar-refractivity contribution in [3.8, 4) is 17.1 Å². The first-order chi connectivity index (χ1) is 24.3. The Morgan fingerprint density at radius 1 is 1.16 bits per heavy atom. The van der Waals surface area contributed by atoms with Gasteiger partial charge in [-0.05, 0) is 50.1 Å². The van der Waals surface area contributed by atoms with Crippen LogP contribution in [0.25, 0.3) is 32.2 Å². The molecule has 4 aliphatic rings. The van der Waals surface area contributed by atoms with Crippen molar-refractivity contribution in [2.75, 3.05) is 63.2 Å². The minimum absolute atomic E-state index is 0.0104. The molecule has 51 heavy (non-hydrogen) atoms. The average molecular weight is 734 g/mol. The first-order valence-corrected chi connectivity index (χ1v) is 17.4. The summed E-state index contributed by atoms with van der Waals surface area (Å²) in [6.07, 6.45) is -2.74. The number of benzene rings is 2. The number of halogens is 6. The average Bonchev–Trinajstić information content (AvgIpc) is 3.87. The van der Waals surface area contributed by atoms with Gasteiger partial charge in [0.15, 0.2) is 10.9 Å². The van der Waals surface area contributed by atoms with Crippen LogP contribution in [-0.2, 0) is 15.7 Å². The van der Waals surface area contributed by atoms with E-state index >= 15 is 4.39 Å². The maximum Gasteiger partial charge on any atom is 0.417 e. The number of nitrogens with two attached hydrogens (primary N) is 1. The number of alkyl halides is 4. The number of ether oxygens (including phenoxy) is 2. The molecule has 1 amide bonds. The third kappa shape index (κ3) is 5.55. The number of carbonyl (C=O) groups is 1. The van der Waals surface area contributed by atoms with Crippen molar-refractivity contribution in [2.24, 2.45) is 0 Å². The molecule has 4 fully saturated rings. The van der Waals surface area contributed by atoms with Gasteiger partial charge >= 0.3 is 12.2 Å². The molecule has 270 valence electrons. The Morgan fingerprint density at radius 3 is 2.73 bits per heavy atom. The molecule has 6 heterocycles. The van der Waals surface area contributed by atoms with Crippen LogP contribution < -0.4 is 15.4 Å². The molecule has 0 saturated carbocycles. The predicted molar refractivity (Wildman–Crippen MR) is 178 cm³/mol. The van der Waals surface area contributed by atoms with Crippen molar-refractivity contribution in [1.29, 1.82) is 0 Å². The number of thiazole rings is 1. The molecule has 17 heteroatoms. The summed E-state index contributed by atoms with van der Waals surface area (Å²) in [5, 5.41) is -0.344. The molecule has 2 aromatic carbocycles. The first-order valence-electron chi connectivity index (χ1n) is 16.6. The molecule has 0 unspecified atom stereocenters. The van der Waals surface area contributed by atoms with Crippen LogP contribution in [0.1, 0.15) is 31.2 Å². The third-order valence-corrected chi connectivity index (χ3v) is 11.6. The van der Waals surface area contributed by atoms with E-state index in [1.54, 1.807) is 9.80 Å². The SMILES string of the molecule is C=CC(=O)N1CCN(c2nc(OC[C@@]34CCCN3C[C@H](F)C4)nc3c(F)c(-c4ccc(F)c5sc(N)nc45)c(C(F)(F)F)cc23)C[C@]12CCOC2. The van der Waals surface area contributed by atoms with Crippen LogP contribution in [0.15, 0.2) is 30.9 Å². The molecule has 0 bridgehead atoms. The van der Waals surface area contributed by atoms with Crippen molar-refractivity contribution in [2.45, 2.75) is 49.1 Å². The molecule has 0 radical (unpaired) electrons. The Balaban J connectivity index is 1.32. The lowest BCUT2D eigenvalue weighted by Gasteiger charge is -2.48. The molecule has 4 aliphatic heterocycles. The van der Waals surface area contributed by atoms with Gasteiger partial charge in [0.05, 0.1) is 33.5 Å². The van der Waals surface area contributed by atoms with Gasteiger partial charge in [0.25, 0.3) is 0 Å². The fourth-order valence-electron chi connectivity index (χ4n) is 8.37. The highest BCUT2D eigenvalue weighted by Gasteiger charge is 2.50. The molecule has 2 aromatic heterocycles. The molecule has 4 aromatic rings. The zero-order valence-electron chi connectivity index (χ0n) is 27.2. The van der Waals surface area contributed by atoms with Crippen LogP contribution in [0.3, 0.4) is 0 Å². The maximum atomic E-state index is 17.1. The Labute approximate surface area is 291 Å². The fourth-order valence-corrected chi connectivity index (χ4v) is 9.14. The van der Waals surface area contributed by atoms with Gasteiger partial charge in [0.2, 0.25) is 5.91 Å². The van der Waals surface area contributed by atoms with Crippen LogP contribution in [0.4, 0.5) is 37.3 Å². The minimum Gasteiger partial charge on any atom is -0.461 e. The van der Waals surface area contributed by atoms with Crippen molar-refractivity contribution >= 4 is 49.3 Å². The van der Waals surface area contributed by atoms with Crippen molar-refractivity contribution < 1.29 is 40.6 Å². The van der Waals surface area contributed by atoms with E-state index in [1.807, 2.05) is 4.90 Å². The molecule has 0 aliphatic carbocycles. The van der Waals surface area contributed by atoms with Gasteiger partial charge in [-0.1, -0.05) is 17.9 Å². The van der Waals surface area contributed by atoms with Crippen molar-refractivity contribution in [3.05, 3.63) is 48.1 Å². The highest BCUT2D eigenvalue weighted by molar-refractivity contribution is 7.22. The monoisotopic (exact) mass is 733 g/mol. The minimum atomic E-state index is -5.08. The summed E-state index contributed by atoms with van der Waals surface area (Å²) in [5.74, 6) is -2.44. The van der Waals surface area contributed by atoms with Crippen LogP contribution >= 0.6 is 11.3 Å². The van der Waals surface area contributed by atoms with Crippen LogP contribution in [0.2, 0.25) is 0 Å². The lowest BCUT2D eigenvalue weighted by atomic mass is 9.91. The summed E-state index contributed by atoms with van der Waals surface area (Å²) in [6, 6.07) is 2.48.